The molecule has 1 aliphatic rings. The van der Waals surface area contributed by atoms with E-state index in [-0.39, 0.29) is 11.6 Å². The summed E-state index contributed by atoms with van der Waals surface area (Å²) in [4.78, 5) is 37.1. The van der Waals surface area contributed by atoms with Crippen LogP contribution in [0.25, 0.3) is 0 Å². The number of benzene rings is 1. The number of nitrogens with zero attached hydrogens (tertiary/aromatic N) is 5. The van der Waals surface area contributed by atoms with Gasteiger partial charge < -0.3 is 9.80 Å². The molecule has 0 saturated carbocycles. The minimum atomic E-state index is -0.446. The van der Waals surface area contributed by atoms with Crippen molar-refractivity contribution >= 4 is 40.5 Å². The van der Waals surface area contributed by atoms with Gasteiger partial charge in [0.2, 0.25) is 0 Å². The third-order valence-electron chi connectivity index (χ3n) is 4.74. The van der Waals surface area contributed by atoms with Gasteiger partial charge in [0.25, 0.3) is 11.6 Å². The molecule has 1 amide bonds. The van der Waals surface area contributed by atoms with E-state index in [9.17, 15) is 14.9 Å². The molecule has 0 radical (unpaired) electrons. The van der Waals surface area contributed by atoms with E-state index in [0.29, 0.717) is 36.6 Å². The number of aromatic nitrogens is 2. The Labute approximate surface area is 181 Å². The van der Waals surface area contributed by atoms with Crippen LogP contribution in [0.4, 0.5) is 11.5 Å². The summed E-state index contributed by atoms with van der Waals surface area (Å²) in [6, 6.07) is 10.4. The largest absolute Gasteiger partial charge is 0.353 e. The molecule has 0 aliphatic carbocycles. The molecule has 2 aromatic heterocycles. The number of pyridine rings is 1. The number of thiazole rings is 1. The van der Waals surface area contributed by atoms with Crippen LogP contribution in [0.2, 0.25) is 0 Å². The summed E-state index contributed by atoms with van der Waals surface area (Å²) in [6.07, 6.45) is 1.75. The Hall–Kier alpha value is -2.98. The first kappa shape index (κ1) is 20.3. The molecule has 1 aliphatic heterocycles. The molecular weight excluding hydrogens is 422 g/mol. The number of hydrogen-bond acceptors (Lipinski definition) is 8. The molecule has 30 heavy (non-hydrogen) atoms. The molecule has 0 N–H and O–H groups in total. The lowest BCUT2D eigenvalue weighted by molar-refractivity contribution is -0.387. The molecule has 0 spiro atoms. The van der Waals surface area contributed by atoms with E-state index in [1.807, 2.05) is 30.5 Å². The minimum Gasteiger partial charge on any atom is -0.353 e. The van der Waals surface area contributed by atoms with Crippen molar-refractivity contribution in [3.63, 3.8) is 0 Å². The Morgan fingerprint density at radius 2 is 2.00 bits per heavy atom. The monoisotopic (exact) mass is 441 g/mol. The van der Waals surface area contributed by atoms with Gasteiger partial charge in [-0.3, -0.25) is 14.9 Å². The third-order valence-corrected chi connectivity index (χ3v) is 6.86. The van der Waals surface area contributed by atoms with Crippen LogP contribution >= 0.6 is 23.1 Å². The van der Waals surface area contributed by atoms with Crippen LogP contribution in [-0.2, 0) is 0 Å². The standard InChI is InChI=1S/C20H19N5O3S2/c1-14-13-29-20(22-14)30-17-6-5-15(12-16(17)25(27)28)19(26)24-10-8-23(9-11-24)18-4-2-3-7-21-18/h2-7,12-13H,8-11H2,1H3. The molecule has 154 valence electrons. The SMILES string of the molecule is Cc1csc(Sc2ccc(C(=O)N3CCN(c4ccccn4)CC3)cc2[N+](=O)[O-])n1. The van der Waals surface area contributed by atoms with E-state index in [2.05, 4.69) is 14.9 Å². The first-order valence-corrected chi connectivity index (χ1v) is 11.0. The average Bonchev–Trinajstić information content (AvgIpc) is 3.18. The summed E-state index contributed by atoms with van der Waals surface area (Å²) in [7, 11) is 0. The number of carbonyl (C=O) groups is 1. The molecule has 1 fully saturated rings. The fraction of sp³-hybridized carbons (Fsp3) is 0.250. The Morgan fingerprint density at radius 3 is 2.63 bits per heavy atom. The van der Waals surface area contributed by atoms with Gasteiger partial charge in [-0.15, -0.1) is 11.3 Å². The van der Waals surface area contributed by atoms with Crippen LogP contribution in [-0.4, -0.2) is 51.9 Å². The highest BCUT2D eigenvalue weighted by atomic mass is 32.2. The normalized spacial score (nSPS) is 14.0. The second-order valence-electron chi connectivity index (χ2n) is 6.76. The van der Waals surface area contributed by atoms with Gasteiger partial charge in [0.05, 0.1) is 9.82 Å². The summed E-state index contributed by atoms with van der Waals surface area (Å²) in [5.74, 6) is 0.694. The first-order valence-electron chi connectivity index (χ1n) is 9.35. The molecule has 1 aromatic carbocycles. The number of amides is 1. The zero-order valence-corrected chi connectivity index (χ0v) is 17.9. The lowest BCUT2D eigenvalue weighted by Crippen LogP contribution is -2.49. The van der Waals surface area contributed by atoms with E-state index in [1.165, 1.54) is 29.2 Å². The van der Waals surface area contributed by atoms with Crippen LogP contribution in [0.5, 0.6) is 0 Å². The average molecular weight is 442 g/mol. The van der Waals surface area contributed by atoms with E-state index in [1.54, 1.807) is 23.2 Å². The van der Waals surface area contributed by atoms with Gasteiger partial charge in [-0.1, -0.05) is 17.8 Å². The van der Waals surface area contributed by atoms with Crippen LogP contribution < -0.4 is 4.90 Å². The maximum Gasteiger partial charge on any atom is 0.284 e. The van der Waals surface area contributed by atoms with Crippen LogP contribution in [0, 0.1) is 17.0 Å². The maximum absolute atomic E-state index is 12.9. The van der Waals surface area contributed by atoms with Crippen molar-refractivity contribution in [3.8, 4) is 0 Å². The van der Waals surface area contributed by atoms with Gasteiger partial charge in [-0.2, -0.15) is 0 Å². The van der Waals surface area contributed by atoms with Crippen molar-refractivity contribution in [3.05, 3.63) is 69.3 Å². The number of carbonyl (C=O) groups excluding carboxylic acids is 1. The Bertz CT molecular complexity index is 1070. The minimum absolute atomic E-state index is 0.0779. The van der Waals surface area contributed by atoms with Crippen LogP contribution in [0.15, 0.2) is 57.2 Å². The van der Waals surface area contributed by atoms with Crippen molar-refractivity contribution in [2.75, 3.05) is 31.1 Å². The predicted octanol–water partition coefficient (Wildman–Crippen LogP) is 3.87. The third kappa shape index (κ3) is 4.44. The van der Waals surface area contributed by atoms with Crippen LogP contribution in [0.1, 0.15) is 16.1 Å². The summed E-state index contributed by atoms with van der Waals surface area (Å²) in [6.45, 7) is 4.30. The number of piperazine rings is 1. The van der Waals surface area contributed by atoms with Crippen LogP contribution in [0.3, 0.4) is 0 Å². The van der Waals surface area contributed by atoms with Gasteiger partial charge in [-0.05, 0) is 31.2 Å². The lowest BCUT2D eigenvalue weighted by atomic mass is 10.1. The number of nitro groups is 1. The summed E-state index contributed by atoms with van der Waals surface area (Å²) in [5, 5.41) is 13.5. The fourth-order valence-corrected chi connectivity index (χ4v) is 5.09. The van der Waals surface area contributed by atoms with Gasteiger partial charge in [0.1, 0.15) is 5.82 Å². The molecule has 3 heterocycles. The Kier molecular flexibility index (Phi) is 5.96. The van der Waals surface area contributed by atoms with Gasteiger partial charge >= 0.3 is 0 Å². The smallest absolute Gasteiger partial charge is 0.284 e. The quantitative estimate of drug-likeness (QED) is 0.438. The highest BCUT2D eigenvalue weighted by molar-refractivity contribution is 8.01. The zero-order chi connectivity index (χ0) is 21.1. The predicted molar refractivity (Wildman–Crippen MR) is 116 cm³/mol. The first-order chi connectivity index (χ1) is 14.5. The number of hydrogen-bond donors (Lipinski definition) is 0. The van der Waals surface area contributed by atoms with Crippen molar-refractivity contribution in [1.29, 1.82) is 0 Å². The van der Waals surface area contributed by atoms with Crippen molar-refractivity contribution in [1.82, 2.24) is 14.9 Å². The molecule has 8 nitrogen and oxygen atoms in total. The van der Waals surface area contributed by atoms with Gasteiger partial charge in [0.15, 0.2) is 4.34 Å². The topological polar surface area (TPSA) is 92.5 Å². The molecule has 0 atom stereocenters. The van der Waals surface area contributed by atoms with Gasteiger partial charge in [0, 0.05) is 55.1 Å². The Morgan fingerprint density at radius 1 is 1.20 bits per heavy atom. The maximum atomic E-state index is 12.9. The summed E-state index contributed by atoms with van der Waals surface area (Å²) >= 11 is 2.69. The Balaban J connectivity index is 1.47. The fourth-order valence-electron chi connectivity index (χ4n) is 3.21. The van der Waals surface area contributed by atoms with Crippen molar-refractivity contribution in [2.45, 2.75) is 16.2 Å². The zero-order valence-electron chi connectivity index (χ0n) is 16.2. The summed E-state index contributed by atoms with van der Waals surface area (Å²) in [5.41, 5.74) is 1.13. The molecule has 4 rings (SSSR count). The number of aryl methyl sites for hydroxylation is 1. The number of rotatable bonds is 5. The molecule has 0 bridgehead atoms. The highest BCUT2D eigenvalue weighted by Crippen LogP contribution is 2.37. The van der Waals surface area contributed by atoms with Crippen molar-refractivity contribution < 1.29 is 9.72 Å². The van der Waals surface area contributed by atoms with Crippen molar-refractivity contribution in [2.24, 2.45) is 0 Å². The molecule has 1 saturated heterocycles. The van der Waals surface area contributed by atoms with E-state index in [0.717, 1.165) is 15.9 Å². The molecule has 0 unspecified atom stereocenters. The lowest BCUT2D eigenvalue weighted by Gasteiger charge is -2.35. The summed E-state index contributed by atoms with van der Waals surface area (Å²) < 4.78 is 0.736. The van der Waals surface area contributed by atoms with E-state index < -0.39 is 4.92 Å². The number of anilines is 1. The van der Waals surface area contributed by atoms with E-state index in [4.69, 9.17) is 0 Å². The second-order valence-corrected chi connectivity index (χ2v) is 8.91. The highest BCUT2D eigenvalue weighted by Gasteiger charge is 2.25. The van der Waals surface area contributed by atoms with E-state index >= 15 is 0 Å². The van der Waals surface area contributed by atoms with Gasteiger partial charge in [-0.25, -0.2) is 9.97 Å². The number of nitro benzene ring substituents is 1. The second kappa shape index (κ2) is 8.80. The molecule has 3 aromatic rings. The molecule has 10 heteroatoms. The molecular formula is C20H19N5O3S2.